The number of nitrogens with zero attached hydrogens (tertiary/aromatic N) is 1. The maximum atomic E-state index is 14.3. The lowest BCUT2D eigenvalue weighted by molar-refractivity contribution is -0.136. The molecule has 4 aromatic rings. The van der Waals surface area contributed by atoms with E-state index in [4.69, 9.17) is 17.2 Å². The van der Waals surface area contributed by atoms with Crippen LogP contribution in [0.1, 0.15) is 91.0 Å². The summed E-state index contributed by atoms with van der Waals surface area (Å²) in [5.74, 6) is -8.58. The zero-order chi connectivity index (χ0) is 58.5. The third-order valence-corrected chi connectivity index (χ3v) is 13.2. The summed E-state index contributed by atoms with van der Waals surface area (Å²) >= 11 is 4.32. The molecule has 430 valence electrons. The fourth-order valence-corrected chi connectivity index (χ4v) is 8.77. The Kier molecular flexibility index (Phi) is 25.0. The number of benzene rings is 2. The lowest BCUT2D eigenvalue weighted by atomic mass is 9.99. The van der Waals surface area contributed by atoms with Crippen LogP contribution in [-0.4, -0.2) is 134 Å². The third-order valence-electron chi connectivity index (χ3n) is 12.8. The smallest absolute Gasteiger partial charge is 0.244 e. The molecule has 16 N–H and O–H groups in total. The zero-order valence-corrected chi connectivity index (χ0v) is 46.6. The van der Waals surface area contributed by atoms with Gasteiger partial charge in [-0.05, 0) is 67.6 Å². The first kappa shape index (κ1) is 63.7. The molecule has 0 saturated heterocycles. The number of aromatic nitrogens is 3. The number of carbonyl (C=O) groups excluding carboxylic acids is 10. The molecular weight excluding hydrogens is 1040 g/mol. The fourth-order valence-electron chi connectivity index (χ4n) is 8.51. The second-order valence-corrected chi connectivity index (χ2v) is 21.2. The van der Waals surface area contributed by atoms with Crippen molar-refractivity contribution in [3.63, 3.8) is 0 Å². The quantitative estimate of drug-likeness (QED) is 0.0277. The maximum absolute atomic E-state index is 14.3. The van der Waals surface area contributed by atoms with Gasteiger partial charge in [-0.25, -0.2) is 4.98 Å². The molecule has 0 radical (unpaired) electrons. The predicted octanol–water partition coefficient (Wildman–Crippen LogP) is -0.427. The first-order valence-electron chi connectivity index (χ1n) is 26.3. The Morgan fingerprint density at radius 1 is 0.557 bits per heavy atom. The van der Waals surface area contributed by atoms with Crippen LogP contribution in [-0.2, 0) is 67.2 Å². The Labute approximate surface area is 465 Å². The first-order valence-corrected chi connectivity index (χ1v) is 26.9. The number of rotatable bonds is 32. The summed E-state index contributed by atoms with van der Waals surface area (Å²) in [5.41, 5.74) is 19.8. The van der Waals surface area contributed by atoms with E-state index in [9.17, 15) is 47.9 Å². The summed E-state index contributed by atoms with van der Waals surface area (Å²) in [4.78, 5) is 145. The average molecular weight is 1120 g/mol. The maximum Gasteiger partial charge on any atom is 0.244 e. The number of H-pyrrole nitrogens is 2. The number of para-hydroxylation sites is 1. The number of nitrogens with one attached hydrogen (secondary N) is 10. The molecule has 24 nitrogen and oxygen atoms in total. The van der Waals surface area contributed by atoms with Crippen molar-refractivity contribution in [2.45, 2.75) is 148 Å². The molecule has 79 heavy (non-hydrogen) atoms. The summed E-state index contributed by atoms with van der Waals surface area (Å²) in [7, 11) is 0. The van der Waals surface area contributed by atoms with Crippen molar-refractivity contribution in [3.05, 3.63) is 90.1 Å². The lowest BCUT2D eigenvalue weighted by Gasteiger charge is -2.28. The van der Waals surface area contributed by atoms with E-state index in [1.54, 1.807) is 50.4 Å². The second kappa shape index (κ2) is 31.0. The van der Waals surface area contributed by atoms with Gasteiger partial charge in [0.25, 0.3) is 0 Å². The van der Waals surface area contributed by atoms with Crippen LogP contribution >= 0.6 is 12.6 Å². The van der Waals surface area contributed by atoms with Crippen LogP contribution in [0.4, 0.5) is 0 Å². The van der Waals surface area contributed by atoms with Crippen LogP contribution in [0.3, 0.4) is 0 Å². The van der Waals surface area contributed by atoms with E-state index < -0.39 is 119 Å². The fraction of sp³-hybridized carbons (Fsp3) is 0.500. The van der Waals surface area contributed by atoms with Crippen molar-refractivity contribution in [2.24, 2.45) is 35.0 Å². The van der Waals surface area contributed by atoms with Crippen molar-refractivity contribution >= 4 is 82.6 Å². The van der Waals surface area contributed by atoms with Gasteiger partial charge in [-0.2, -0.15) is 12.6 Å². The van der Waals surface area contributed by atoms with Crippen LogP contribution in [0, 0.1) is 17.8 Å². The van der Waals surface area contributed by atoms with Gasteiger partial charge in [-0.1, -0.05) is 90.1 Å². The number of hydrogen-bond acceptors (Lipinski definition) is 13. The second-order valence-electron chi connectivity index (χ2n) is 20.8. The topological polar surface area (TPSA) is 389 Å². The van der Waals surface area contributed by atoms with Crippen LogP contribution in [0.25, 0.3) is 10.9 Å². The van der Waals surface area contributed by atoms with E-state index in [1.165, 1.54) is 19.4 Å². The van der Waals surface area contributed by atoms with E-state index in [-0.39, 0.29) is 62.5 Å². The number of imidazole rings is 1. The van der Waals surface area contributed by atoms with Gasteiger partial charge in [0.15, 0.2) is 0 Å². The summed E-state index contributed by atoms with van der Waals surface area (Å²) in [6.07, 6.45) is 4.35. The minimum absolute atomic E-state index is 0.0147. The van der Waals surface area contributed by atoms with E-state index in [0.29, 0.717) is 11.3 Å². The monoisotopic (exact) mass is 1110 g/mol. The van der Waals surface area contributed by atoms with Gasteiger partial charge in [-0.3, -0.25) is 47.9 Å². The molecule has 9 atom stereocenters. The molecular formula is C54H78N14O10S. The van der Waals surface area contributed by atoms with Crippen molar-refractivity contribution in [1.29, 1.82) is 0 Å². The Morgan fingerprint density at radius 2 is 1.09 bits per heavy atom. The SMILES string of the molecule is CC(C)C[C@H](NC(=O)[C@H](CC(C)C)NC(=O)[C@H](Cc1cnc[nH]1)NC(=O)[C@H](CS)NC(=O)[C@@H](NC(=O)[C@H](C)NC(=O)[C@H](Cc1c[nH]c2ccccc12)NC(=O)[C@H](CCC(N)=O)NC(=O)[C@H](N)Cc1ccccc1)C(C)C)C(N)=O. The van der Waals surface area contributed by atoms with Crippen LogP contribution in [0.5, 0.6) is 0 Å². The van der Waals surface area contributed by atoms with Gasteiger partial charge >= 0.3 is 0 Å². The van der Waals surface area contributed by atoms with E-state index >= 15 is 0 Å². The van der Waals surface area contributed by atoms with Crippen LogP contribution < -0.4 is 59.7 Å². The number of primary amides is 2. The van der Waals surface area contributed by atoms with Crippen LogP contribution in [0.2, 0.25) is 0 Å². The first-order chi connectivity index (χ1) is 37.4. The van der Waals surface area contributed by atoms with Gasteiger partial charge in [0.1, 0.15) is 48.3 Å². The summed E-state index contributed by atoms with van der Waals surface area (Å²) in [6.45, 7) is 12.1. The predicted molar refractivity (Wildman–Crippen MR) is 299 cm³/mol. The molecule has 0 unspecified atom stereocenters. The Morgan fingerprint density at radius 3 is 1.68 bits per heavy atom. The molecule has 0 aliphatic heterocycles. The van der Waals surface area contributed by atoms with Gasteiger partial charge in [-0.15, -0.1) is 0 Å². The normalized spacial score (nSPS) is 14.8. The number of carbonyl (C=O) groups is 10. The largest absolute Gasteiger partial charge is 0.370 e. The van der Waals surface area contributed by atoms with E-state index in [2.05, 4.69) is 70.1 Å². The van der Waals surface area contributed by atoms with E-state index in [1.807, 2.05) is 52.0 Å². The average Bonchev–Trinajstić information content (AvgIpc) is 4.09. The Balaban J connectivity index is 1.49. The molecule has 2 aromatic carbocycles. The molecule has 0 spiro atoms. The van der Waals surface area contributed by atoms with Crippen molar-refractivity contribution in [3.8, 4) is 0 Å². The molecule has 0 aliphatic carbocycles. The summed E-state index contributed by atoms with van der Waals surface area (Å²) < 4.78 is 0. The Hall–Kier alpha value is -7.80. The van der Waals surface area contributed by atoms with Crippen LogP contribution in [0.15, 0.2) is 73.3 Å². The van der Waals surface area contributed by atoms with Gasteiger partial charge in [0.05, 0.1) is 12.4 Å². The minimum Gasteiger partial charge on any atom is -0.370 e. The van der Waals surface area contributed by atoms with Crippen molar-refractivity contribution < 1.29 is 47.9 Å². The third kappa shape index (κ3) is 20.5. The number of aromatic amines is 2. The molecule has 2 aromatic heterocycles. The van der Waals surface area contributed by atoms with E-state index in [0.717, 1.165) is 16.5 Å². The Bertz CT molecular complexity index is 2720. The van der Waals surface area contributed by atoms with Crippen molar-refractivity contribution in [1.82, 2.24) is 57.5 Å². The molecule has 0 aliphatic rings. The minimum atomic E-state index is -1.37. The number of amides is 10. The van der Waals surface area contributed by atoms with Gasteiger partial charge < -0.3 is 69.7 Å². The highest BCUT2D eigenvalue weighted by atomic mass is 32.1. The van der Waals surface area contributed by atoms with Gasteiger partial charge in [0.2, 0.25) is 59.1 Å². The number of hydrogen-bond donors (Lipinski definition) is 14. The summed E-state index contributed by atoms with van der Waals surface area (Å²) in [5, 5.41) is 21.9. The molecule has 25 heteroatoms. The number of nitrogens with two attached hydrogens (primary N) is 3. The summed E-state index contributed by atoms with van der Waals surface area (Å²) in [6, 6.07) is 5.01. The zero-order valence-electron chi connectivity index (χ0n) is 45.7. The highest BCUT2D eigenvalue weighted by Gasteiger charge is 2.36. The standard InChI is InChI=1S/C54H78N14O10S/c1-28(2)19-39(46(57)70)63-51(75)40(20-29(3)4)64-52(76)42(23-34-25-58-27-60-34)66-53(77)43(26-79)67-54(78)45(30(5)6)68-47(71)31(7)61-50(74)41(22-33-24-59-37-16-12-11-15-35(33)37)65-49(73)38(17-18-44(56)69)62-48(72)36(55)21-32-13-9-8-10-14-32/h8-16,24-25,27-31,36,38-43,45,59,79H,17-23,26,55H2,1-7H3,(H2,56,69)(H2,57,70)(H,58,60)(H,61,74)(H,62,72)(H,63,75)(H,64,76)(H,65,73)(H,66,77)(H,67,78)(H,68,71)/t31-,36+,38-,39-,40-,41-,42-,43-,45-/m0/s1. The molecule has 0 fully saturated rings. The van der Waals surface area contributed by atoms with Crippen molar-refractivity contribution in [2.75, 3.05) is 5.75 Å². The highest BCUT2D eigenvalue weighted by Crippen LogP contribution is 2.20. The lowest BCUT2D eigenvalue weighted by Crippen LogP contribution is -2.61. The molecule has 4 rings (SSSR count). The molecule has 2 heterocycles. The number of thiol groups is 1. The van der Waals surface area contributed by atoms with Gasteiger partial charge in [0, 0.05) is 54.0 Å². The highest BCUT2D eigenvalue weighted by molar-refractivity contribution is 7.80. The molecule has 0 saturated carbocycles. The molecule has 10 amide bonds. The molecule has 0 bridgehead atoms. The number of fused-ring (bicyclic) bond motifs is 1.